The minimum Gasteiger partial charge on any atom is -0.326 e. The van der Waals surface area contributed by atoms with Crippen molar-refractivity contribution in [2.75, 3.05) is 18.4 Å². The first-order valence-electron chi connectivity index (χ1n) is 10.2. The molecule has 0 radical (unpaired) electrons. The zero-order chi connectivity index (χ0) is 21.0. The summed E-state index contributed by atoms with van der Waals surface area (Å²) in [5.41, 5.74) is 3.67. The summed E-state index contributed by atoms with van der Waals surface area (Å²) in [7, 11) is -3.47. The number of para-hydroxylation sites is 1. The summed E-state index contributed by atoms with van der Waals surface area (Å²) in [4.78, 5) is 12.9. The Bertz CT molecular complexity index is 970. The topological polar surface area (TPSA) is 66.5 Å². The summed E-state index contributed by atoms with van der Waals surface area (Å²) in [5.74, 6) is -0.169. The molecule has 1 atom stereocenters. The summed E-state index contributed by atoms with van der Waals surface area (Å²) in [6.07, 6.45) is 1.39. The van der Waals surface area contributed by atoms with Crippen LogP contribution in [0, 0.1) is 12.8 Å². The first-order chi connectivity index (χ1) is 13.8. The maximum atomic E-state index is 13.0. The molecule has 1 N–H and O–H groups in total. The van der Waals surface area contributed by atoms with Gasteiger partial charge >= 0.3 is 0 Å². The van der Waals surface area contributed by atoms with Gasteiger partial charge in [0.05, 0.1) is 11.7 Å². The number of hydrogen-bond donors (Lipinski definition) is 1. The molecule has 0 aromatic heterocycles. The maximum absolute atomic E-state index is 13.0. The largest absolute Gasteiger partial charge is 0.326 e. The fourth-order valence-corrected chi connectivity index (χ4v) is 5.53. The van der Waals surface area contributed by atoms with Crippen molar-refractivity contribution in [1.29, 1.82) is 0 Å². The molecule has 1 saturated heterocycles. The zero-order valence-corrected chi connectivity index (χ0v) is 18.2. The van der Waals surface area contributed by atoms with Gasteiger partial charge in [-0.3, -0.25) is 4.79 Å². The number of anilines is 1. The Labute approximate surface area is 174 Å². The molecule has 0 saturated carbocycles. The van der Waals surface area contributed by atoms with Crippen LogP contribution in [0.25, 0.3) is 0 Å². The van der Waals surface area contributed by atoms with Crippen molar-refractivity contribution in [3.05, 3.63) is 65.2 Å². The number of carbonyl (C=O) groups is 1. The van der Waals surface area contributed by atoms with Gasteiger partial charge < -0.3 is 5.32 Å². The summed E-state index contributed by atoms with van der Waals surface area (Å²) >= 11 is 0. The molecule has 0 unspecified atom stereocenters. The molecule has 1 fully saturated rings. The van der Waals surface area contributed by atoms with Crippen molar-refractivity contribution in [1.82, 2.24) is 4.31 Å². The Kier molecular flexibility index (Phi) is 6.75. The molecule has 1 aliphatic rings. The summed E-state index contributed by atoms with van der Waals surface area (Å²) in [6.45, 7) is 6.81. The molecular formula is C23H30N2O3S. The molecule has 0 bridgehead atoms. The number of rotatable bonds is 6. The Morgan fingerprint density at radius 3 is 2.55 bits per heavy atom. The minimum absolute atomic E-state index is 0.0236. The number of aryl methyl sites for hydroxylation is 1. The van der Waals surface area contributed by atoms with Gasteiger partial charge in [0.15, 0.2) is 0 Å². The molecule has 156 valence electrons. The van der Waals surface area contributed by atoms with E-state index in [0.29, 0.717) is 25.3 Å². The summed E-state index contributed by atoms with van der Waals surface area (Å²) < 4.78 is 27.4. The smallest absolute Gasteiger partial charge is 0.228 e. The van der Waals surface area contributed by atoms with Gasteiger partial charge in [-0.05, 0) is 48.4 Å². The van der Waals surface area contributed by atoms with Crippen molar-refractivity contribution >= 4 is 21.6 Å². The van der Waals surface area contributed by atoms with Crippen molar-refractivity contribution in [2.45, 2.75) is 45.3 Å². The van der Waals surface area contributed by atoms with E-state index >= 15 is 0 Å². The van der Waals surface area contributed by atoms with Crippen molar-refractivity contribution in [3.63, 3.8) is 0 Å². The number of nitrogens with zero attached hydrogens (tertiary/aromatic N) is 1. The number of amides is 1. The van der Waals surface area contributed by atoms with E-state index in [0.717, 1.165) is 22.4 Å². The SMILES string of the molecule is Cc1ccccc1CS(=O)(=O)N1CCC[C@@H](C(=O)Nc2ccccc2C(C)C)C1. The fourth-order valence-electron chi connectivity index (χ4n) is 3.82. The van der Waals surface area contributed by atoms with Crippen molar-refractivity contribution < 1.29 is 13.2 Å². The highest BCUT2D eigenvalue weighted by Crippen LogP contribution is 2.27. The average Bonchev–Trinajstić information content (AvgIpc) is 2.70. The Morgan fingerprint density at radius 2 is 1.83 bits per heavy atom. The lowest BCUT2D eigenvalue weighted by molar-refractivity contribution is -0.120. The van der Waals surface area contributed by atoms with Crippen LogP contribution in [-0.2, 0) is 20.6 Å². The van der Waals surface area contributed by atoms with E-state index in [1.165, 1.54) is 4.31 Å². The van der Waals surface area contributed by atoms with Crippen LogP contribution in [0.5, 0.6) is 0 Å². The third-order valence-electron chi connectivity index (χ3n) is 5.59. The van der Waals surface area contributed by atoms with Crippen LogP contribution < -0.4 is 5.32 Å². The Morgan fingerprint density at radius 1 is 1.14 bits per heavy atom. The predicted molar refractivity (Wildman–Crippen MR) is 117 cm³/mol. The standard InChI is InChI=1S/C23H30N2O3S/c1-17(2)21-12-6-7-13-22(21)24-23(26)19-11-8-14-25(15-19)29(27,28)16-20-10-5-4-9-18(20)3/h4-7,9-10,12-13,17,19H,8,11,14-16H2,1-3H3,(H,24,26)/t19-/m1/s1. The van der Waals surface area contributed by atoms with Crippen LogP contribution in [-0.4, -0.2) is 31.7 Å². The first-order valence-corrected chi connectivity index (χ1v) is 11.8. The van der Waals surface area contributed by atoms with E-state index in [-0.39, 0.29) is 24.1 Å². The first kappa shape index (κ1) is 21.5. The molecule has 0 spiro atoms. The fraction of sp³-hybridized carbons (Fsp3) is 0.435. The van der Waals surface area contributed by atoms with Gasteiger partial charge in [0.25, 0.3) is 0 Å². The average molecular weight is 415 g/mol. The second kappa shape index (κ2) is 9.09. The van der Waals surface area contributed by atoms with E-state index in [2.05, 4.69) is 19.2 Å². The molecule has 5 nitrogen and oxygen atoms in total. The van der Waals surface area contributed by atoms with E-state index in [9.17, 15) is 13.2 Å². The third-order valence-corrected chi connectivity index (χ3v) is 7.38. The molecule has 1 amide bonds. The van der Waals surface area contributed by atoms with Gasteiger partial charge in [-0.25, -0.2) is 12.7 Å². The number of nitrogens with one attached hydrogen (secondary N) is 1. The van der Waals surface area contributed by atoms with Crippen LogP contribution in [0.2, 0.25) is 0 Å². The Hall–Kier alpha value is -2.18. The molecule has 6 heteroatoms. The van der Waals surface area contributed by atoms with Gasteiger partial charge in [-0.15, -0.1) is 0 Å². The maximum Gasteiger partial charge on any atom is 0.228 e. The van der Waals surface area contributed by atoms with E-state index < -0.39 is 10.0 Å². The number of benzene rings is 2. The normalized spacial score (nSPS) is 18.0. The van der Waals surface area contributed by atoms with E-state index in [4.69, 9.17) is 0 Å². The monoisotopic (exact) mass is 414 g/mol. The Balaban J connectivity index is 1.70. The summed E-state index contributed by atoms with van der Waals surface area (Å²) in [6, 6.07) is 15.3. The van der Waals surface area contributed by atoms with Crippen LogP contribution in [0.4, 0.5) is 5.69 Å². The van der Waals surface area contributed by atoms with Crippen LogP contribution in [0.3, 0.4) is 0 Å². The van der Waals surface area contributed by atoms with Crippen molar-refractivity contribution in [2.24, 2.45) is 5.92 Å². The van der Waals surface area contributed by atoms with Gasteiger partial charge in [-0.1, -0.05) is 56.3 Å². The lowest BCUT2D eigenvalue weighted by Gasteiger charge is -2.31. The highest BCUT2D eigenvalue weighted by molar-refractivity contribution is 7.88. The molecule has 1 heterocycles. The zero-order valence-electron chi connectivity index (χ0n) is 17.4. The molecule has 0 aliphatic carbocycles. The number of hydrogen-bond acceptors (Lipinski definition) is 3. The minimum atomic E-state index is -3.47. The highest BCUT2D eigenvalue weighted by atomic mass is 32.2. The second-order valence-electron chi connectivity index (χ2n) is 8.11. The predicted octanol–water partition coefficient (Wildman–Crippen LogP) is 4.30. The van der Waals surface area contributed by atoms with Gasteiger partial charge in [-0.2, -0.15) is 0 Å². The van der Waals surface area contributed by atoms with Crippen LogP contribution >= 0.6 is 0 Å². The molecule has 2 aromatic carbocycles. The molecular weight excluding hydrogens is 384 g/mol. The molecule has 2 aromatic rings. The lowest BCUT2D eigenvalue weighted by atomic mass is 9.97. The quantitative estimate of drug-likeness (QED) is 0.766. The molecule has 3 rings (SSSR count). The van der Waals surface area contributed by atoms with Gasteiger partial charge in [0, 0.05) is 18.8 Å². The highest BCUT2D eigenvalue weighted by Gasteiger charge is 2.32. The third kappa shape index (κ3) is 5.25. The number of piperidine rings is 1. The number of carbonyl (C=O) groups excluding carboxylic acids is 1. The molecule has 29 heavy (non-hydrogen) atoms. The van der Waals surface area contributed by atoms with Gasteiger partial charge in [0.2, 0.25) is 15.9 Å². The summed E-state index contributed by atoms with van der Waals surface area (Å²) in [5, 5.41) is 3.03. The van der Waals surface area contributed by atoms with Crippen LogP contribution in [0.15, 0.2) is 48.5 Å². The second-order valence-corrected chi connectivity index (χ2v) is 10.1. The van der Waals surface area contributed by atoms with Crippen LogP contribution in [0.1, 0.15) is 49.3 Å². The van der Waals surface area contributed by atoms with E-state index in [1.807, 2.05) is 55.5 Å². The molecule has 1 aliphatic heterocycles. The van der Waals surface area contributed by atoms with Gasteiger partial charge in [0.1, 0.15) is 0 Å². The number of sulfonamides is 1. The lowest BCUT2D eigenvalue weighted by Crippen LogP contribution is -2.44. The van der Waals surface area contributed by atoms with Crippen molar-refractivity contribution in [3.8, 4) is 0 Å². The van der Waals surface area contributed by atoms with E-state index in [1.54, 1.807) is 0 Å².